The third-order valence-corrected chi connectivity index (χ3v) is 2.42. The lowest BCUT2D eigenvalue weighted by Gasteiger charge is -2.16. The van der Waals surface area contributed by atoms with Gasteiger partial charge in [-0.1, -0.05) is 24.8 Å². The number of rotatable bonds is 8. The van der Waals surface area contributed by atoms with Gasteiger partial charge in [-0.05, 0) is 24.7 Å². The molecule has 1 aromatic carbocycles. The van der Waals surface area contributed by atoms with Crippen molar-refractivity contribution in [3.05, 3.63) is 42.5 Å². The molecule has 0 bridgehead atoms. The van der Waals surface area contributed by atoms with Crippen molar-refractivity contribution >= 4 is 0 Å². The van der Waals surface area contributed by atoms with Crippen LogP contribution >= 0.6 is 0 Å². The number of benzene rings is 1. The van der Waals surface area contributed by atoms with Gasteiger partial charge in [0.1, 0.15) is 12.4 Å². The maximum atomic E-state index is 5.43. The summed E-state index contributed by atoms with van der Waals surface area (Å²) >= 11 is 0. The Bertz CT molecular complexity index is 321. The summed E-state index contributed by atoms with van der Waals surface area (Å²) in [6, 6.07) is 8.15. The predicted octanol–water partition coefficient (Wildman–Crippen LogP) is 2.33. The zero-order chi connectivity index (χ0) is 12.5. The number of nitrogens with zero attached hydrogens (tertiary/aromatic N) is 1. The van der Waals surface area contributed by atoms with Gasteiger partial charge in [0.25, 0.3) is 0 Å². The van der Waals surface area contributed by atoms with E-state index in [-0.39, 0.29) is 0 Å². The smallest absolute Gasteiger partial charge is 0.119 e. The minimum absolute atomic E-state index is 0.549. The van der Waals surface area contributed by atoms with Gasteiger partial charge in [-0.3, -0.25) is 4.90 Å². The normalized spacial score (nSPS) is 10.5. The lowest BCUT2D eigenvalue weighted by Crippen LogP contribution is -2.22. The Morgan fingerprint density at radius 1 is 1.29 bits per heavy atom. The topological polar surface area (TPSA) is 21.7 Å². The Balaban J connectivity index is 2.41. The molecule has 0 aromatic heterocycles. The molecular weight excluding hydrogens is 214 g/mol. The average molecular weight is 235 g/mol. The summed E-state index contributed by atoms with van der Waals surface area (Å²) in [5.41, 5.74) is 1.27. The molecule has 0 N–H and O–H groups in total. The van der Waals surface area contributed by atoms with E-state index in [1.165, 1.54) is 5.56 Å². The maximum Gasteiger partial charge on any atom is 0.119 e. The van der Waals surface area contributed by atoms with E-state index in [1.54, 1.807) is 13.2 Å². The number of hydrogen-bond donors (Lipinski definition) is 0. The monoisotopic (exact) mass is 235 g/mol. The number of hydrogen-bond acceptors (Lipinski definition) is 3. The van der Waals surface area contributed by atoms with Crippen LogP contribution in [-0.4, -0.2) is 38.8 Å². The van der Waals surface area contributed by atoms with Gasteiger partial charge in [-0.2, -0.15) is 0 Å². The van der Waals surface area contributed by atoms with Crippen LogP contribution in [0.4, 0.5) is 0 Å². The molecule has 0 saturated carbocycles. The minimum atomic E-state index is 0.549. The summed E-state index contributed by atoms with van der Waals surface area (Å²) in [5, 5.41) is 0. The van der Waals surface area contributed by atoms with E-state index >= 15 is 0 Å². The van der Waals surface area contributed by atoms with Crippen LogP contribution in [0.15, 0.2) is 36.9 Å². The van der Waals surface area contributed by atoms with Gasteiger partial charge in [0.05, 0.1) is 6.61 Å². The van der Waals surface area contributed by atoms with E-state index < -0.39 is 0 Å². The Morgan fingerprint density at radius 2 is 2.00 bits per heavy atom. The predicted molar refractivity (Wildman–Crippen MR) is 70.3 cm³/mol. The molecule has 0 atom stereocenters. The number of methoxy groups -OCH3 is 1. The molecule has 0 aliphatic heterocycles. The van der Waals surface area contributed by atoms with E-state index in [1.807, 2.05) is 12.1 Å². The third-order valence-electron chi connectivity index (χ3n) is 2.42. The second kappa shape index (κ2) is 7.87. The Kier molecular flexibility index (Phi) is 6.37. The molecule has 0 aliphatic carbocycles. The van der Waals surface area contributed by atoms with Crippen molar-refractivity contribution in [2.75, 3.05) is 33.9 Å². The van der Waals surface area contributed by atoms with Crippen LogP contribution in [0.25, 0.3) is 0 Å². The van der Waals surface area contributed by atoms with Crippen LogP contribution in [0.5, 0.6) is 5.75 Å². The molecule has 0 aliphatic rings. The maximum absolute atomic E-state index is 5.43. The van der Waals surface area contributed by atoms with Gasteiger partial charge in [-0.25, -0.2) is 0 Å². The van der Waals surface area contributed by atoms with Crippen LogP contribution in [0.1, 0.15) is 5.56 Å². The molecule has 0 heterocycles. The summed E-state index contributed by atoms with van der Waals surface area (Å²) < 4.78 is 10.5. The van der Waals surface area contributed by atoms with Crippen molar-refractivity contribution in [1.29, 1.82) is 0 Å². The summed E-state index contributed by atoms with van der Waals surface area (Å²) in [5.74, 6) is 0.883. The molecule has 17 heavy (non-hydrogen) atoms. The zero-order valence-corrected chi connectivity index (χ0v) is 10.7. The summed E-state index contributed by atoms with van der Waals surface area (Å²) in [6.07, 6.45) is 1.74. The molecule has 0 saturated heterocycles. The highest BCUT2D eigenvalue weighted by molar-refractivity contribution is 5.27. The molecule has 0 unspecified atom stereocenters. The summed E-state index contributed by atoms with van der Waals surface area (Å²) in [6.45, 7) is 6.78. The first kappa shape index (κ1) is 13.7. The molecule has 0 spiro atoms. The molecule has 3 nitrogen and oxygen atoms in total. The van der Waals surface area contributed by atoms with E-state index in [9.17, 15) is 0 Å². The van der Waals surface area contributed by atoms with Crippen molar-refractivity contribution in [3.63, 3.8) is 0 Å². The molecule has 0 amide bonds. The second-order valence-corrected chi connectivity index (χ2v) is 3.97. The van der Waals surface area contributed by atoms with Crippen LogP contribution in [-0.2, 0) is 11.3 Å². The van der Waals surface area contributed by atoms with Gasteiger partial charge in [0.2, 0.25) is 0 Å². The fraction of sp³-hybridized carbons (Fsp3) is 0.429. The van der Waals surface area contributed by atoms with Crippen LogP contribution in [0.2, 0.25) is 0 Å². The minimum Gasteiger partial charge on any atom is -0.490 e. The molecule has 1 aromatic rings. The average Bonchev–Trinajstić information content (AvgIpc) is 2.35. The Labute approximate surface area is 104 Å². The number of likely N-dealkylation sites (N-methyl/N-ethyl adjacent to an activating group) is 1. The van der Waals surface area contributed by atoms with Gasteiger partial charge in [0.15, 0.2) is 0 Å². The summed E-state index contributed by atoms with van der Waals surface area (Å²) in [4.78, 5) is 2.23. The lowest BCUT2D eigenvalue weighted by atomic mass is 10.2. The summed E-state index contributed by atoms with van der Waals surface area (Å²) in [7, 11) is 3.81. The van der Waals surface area contributed by atoms with Gasteiger partial charge in [-0.15, -0.1) is 0 Å². The molecule has 94 valence electrons. The van der Waals surface area contributed by atoms with Crippen molar-refractivity contribution in [2.24, 2.45) is 0 Å². The van der Waals surface area contributed by atoms with Crippen LogP contribution < -0.4 is 4.74 Å². The van der Waals surface area contributed by atoms with E-state index in [2.05, 4.69) is 30.7 Å². The Morgan fingerprint density at radius 3 is 2.59 bits per heavy atom. The Hall–Kier alpha value is -1.32. The molecule has 1 rings (SSSR count). The van der Waals surface area contributed by atoms with Crippen molar-refractivity contribution in [1.82, 2.24) is 4.90 Å². The lowest BCUT2D eigenvalue weighted by molar-refractivity contribution is 0.158. The fourth-order valence-electron chi connectivity index (χ4n) is 1.48. The van der Waals surface area contributed by atoms with E-state index in [0.29, 0.717) is 6.61 Å². The molecule has 0 radical (unpaired) electrons. The number of ether oxygens (including phenoxy) is 2. The van der Waals surface area contributed by atoms with Crippen molar-refractivity contribution < 1.29 is 9.47 Å². The fourth-order valence-corrected chi connectivity index (χ4v) is 1.48. The largest absolute Gasteiger partial charge is 0.490 e. The van der Waals surface area contributed by atoms with Gasteiger partial charge < -0.3 is 9.47 Å². The highest BCUT2D eigenvalue weighted by Gasteiger charge is 2.00. The van der Waals surface area contributed by atoms with E-state index in [4.69, 9.17) is 9.47 Å². The highest BCUT2D eigenvalue weighted by atomic mass is 16.5. The van der Waals surface area contributed by atoms with Crippen LogP contribution in [0, 0.1) is 0 Å². The zero-order valence-electron chi connectivity index (χ0n) is 10.7. The first-order valence-corrected chi connectivity index (χ1v) is 5.76. The standard InChI is InChI=1S/C14H21NO2/c1-4-10-17-14-7-5-13(6-8-14)12-15(2)9-11-16-3/h4-8H,1,9-12H2,2-3H3. The first-order chi connectivity index (χ1) is 8.26. The molecule has 3 heteroatoms. The van der Waals surface area contributed by atoms with Crippen molar-refractivity contribution in [3.8, 4) is 5.75 Å². The first-order valence-electron chi connectivity index (χ1n) is 5.76. The van der Waals surface area contributed by atoms with Crippen LogP contribution in [0.3, 0.4) is 0 Å². The SMILES string of the molecule is C=CCOc1ccc(CN(C)CCOC)cc1. The second-order valence-electron chi connectivity index (χ2n) is 3.97. The van der Waals surface area contributed by atoms with E-state index in [0.717, 1.165) is 25.4 Å². The molecule has 0 fully saturated rings. The molecular formula is C14H21NO2. The van der Waals surface area contributed by atoms with Crippen molar-refractivity contribution in [2.45, 2.75) is 6.54 Å². The van der Waals surface area contributed by atoms with Gasteiger partial charge in [0, 0.05) is 20.2 Å². The highest BCUT2D eigenvalue weighted by Crippen LogP contribution is 2.13. The quantitative estimate of drug-likeness (QED) is 0.645. The third kappa shape index (κ3) is 5.52. The van der Waals surface area contributed by atoms with Gasteiger partial charge >= 0.3 is 0 Å².